The quantitative estimate of drug-likeness (QED) is 0.797. The number of rotatable bonds is 6. The maximum absolute atomic E-state index is 8.91. The molecule has 0 saturated heterocycles. The molecule has 0 saturated carbocycles. The molecular weight excluding hydrogens is 228 g/mol. The summed E-state index contributed by atoms with van der Waals surface area (Å²) < 4.78 is 0. The molecule has 18 heavy (non-hydrogen) atoms. The van der Waals surface area contributed by atoms with E-state index in [-0.39, 0.29) is 12.5 Å². The van der Waals surface area contributed by atoms with Crippen molar-refractivity contribution >= 4 is 0 Å². The van der Waals surface area contributed by atoms with Crippen molar-refractivity contribution in [2.75, 3.05) is 13.2 Å². The molecule has 0 aliphatic heterocycles. The highest BCUT2D eigenvalue weighted by atomic mass is 16.3. The molecule has 0 spiro atoms. The zero-order chi connectivity index (χ0) is 12.8. The first-order valence-electron chi connectivity index (χ1n) is 6.08. The first-order valence-corrected chi connectivity index (χ1v) is 6.08. The Hall–Kier alpha value is -1.72. The normalized spacial score (nSPS) is 12.6. The minimum absolute atomic E-state index is 0.198. The van der Waals surface area contributed by atoms with E-state index in [9.17, 15) is 0 Å². The summed E-state index contributed by atoms with van der Waals surface area (Å²) in [4.78, 5) is 1.62. The number of hydrogen-bond acceptors (Lipinski definition) is 4. The first kappa shape index (κ1) is 12.7. The van der Waals surface area contributed by atoms with Gasteiger partial charge in [0.2, 0.25) is 0 Å². The molecule has 1 heterocycles. The molecular formula is C13H18N4O. The van der Waals surface area contributed by atoms with Crippen LogP contribution in [0.1, 0.15) is 12.6 Å². The average molecular weight is 246 g/mol. The monoisotopic (exact) mass is 246 g/mol. The molecule has 1 atom stereocenters. The van der Waals surface area contributed by atoms with Crippen LogP contribution in [0.3, 0.4) is 0 Å². The Morgan fingerprint density at radius 3 is 2.83 bits per heavy atom. The molecule has 0 amide bonds. The fraction of sp³-hybridized carbons (Fsp3) is 0.385. The summed E-state index contributed by atoms with van der Waals surface area (Å²) in [6, 6.07) is 9.81. The van der Waals surface area contributed by atoms with Crippen LogP contribution in [-0.2, 0) is 6.54 Å². The molecule has 1 aromatic carbocycles. The SMILES string of the molecule is CC(CO)CNCc1cnn(-c2ccccc2)n1. The third-order valence-corrected chi connectivity index (χ3v) is 2.64. The summed E-state index contributed by atoms with van der Waals surface area (Å²) in [5.41, 5.74) is 1.84. The highest BCUT2D eigenvalue weighted by Crippen LogP contribution is 2.04. The number of nitrogens with zero attached hydrogens (tertiary/aromatic N) is 3. The minimum Gasteiger partial charge on any atom is -0.396 e. The number of hydrogen-bond donors (Lipinski definition) is 2. The summed E-state index contributed by atoms with van der Waals surface area (Å²) >= 11 is 0. The minimum atomic E-state index is 0.198. The molecule has 1 aromatic heterocycles. The van der Waals surface area contributed by atoms with Gasteiger partial charge in [-0.3, -0.25) is 0 Å². The molecule has 1 unspecified atom stereocenters. The summed E-state index contributed by atoms with van der Waals surface area (Å²) in [7, 11) is 0. The number of nitrogens with one attached hydrogen (secondary N) is 1. The fourth-order valence-corrected chi connectivity index (χ4v) is 1.57. The smallest absolute Gasteiger partial charge is 0.0969 e. The second-order valence-corrected chi connectivity index (χ2v) is 4.38. The third-order valence-electron chi connectivity index (χ3n) is 2.64. The summed E-state index contributed by atoms with van der Waals surface area (Å²) in [5.74, 6) is 0.258. The Morgan fingerprint density at radius 2 is 2.11 bits per heavy atom. The topological polar surface area (TPSA) is 63.0 Å². The molecule has 2 rings (SSSR count). The van der Waals surface area contributed by atoms with Crippen LogP contribution in [0.4, 0.5) is 0 Å². The van der Waals surface area contributed by atoms with Crippen LogP contribution < -0.4 is 5.32 Å². The molecule has 0 aliphatic rings. The lowest BCUT2D eigenvalue weighted by molar-refractivity contribution is 0.233. The average Bonchev–Trinajstić information content (AvgIpc) is 2.88. The molecule has 0 radical (unpaired) electrons. The van der Waals surface area contributed by atoms with Crippen molar-refractivity contribution in [2.24, 2.45) is 5.92 Å². The second kappa shape index (κ2) is 6.28. The number of aromatic nitrogens is 3. The van der Waals surface area contributed by atoms with Crippen molar-refractivity contribution < 1.29 is 5.11 Å². The van der Waals surface area contributed by atoms with E-state index >= 15 is 0 Å². The molecule has 0 bridgehead atoms. The number of aliphatic hydroxyl groups is 1. The molecule has 0 aliphatic carbocycles. The second-order valence-electron chi connectivity index (χ2n) is 4.38. The van der Waals surface area contributed by atoms with E-state index < -0.39 is 0 Å². The van der Waals surface area contributed by atoms with E-state index in [2.05, 4.69) is 15.5 Å². The molecule has 96 valence electrons. The highest BCUT2D eigenvalue weighted by Gasteiger charge is 2.03. The fourth-order valence-electron chi connectivity index (χ4n) is 1.57. The van der Waals surface area contributed by atoms with E-state index in [1.807, 2.05) is 37.3 Å². The zero-order valence-corrected chi connectivity index (χ0v) is 10.5. The number of para-hydroxylation sites is 1. The maximum atomic E-state index is 8.91. The van der Waals surface area contributed by atoms with Crippen molar-refractivity contribution in [3.63, 3.8) is 0 Å². The molecule has 0 fully saturated rings. The van der Waals surface area contributed by atoms with E-state index in [0.717, 1.165) is 17.9 Å². The number of benzene rings is 1. The number of aliphatic hydroxyl groups excluding tert-OH is 1. The molecule has 2 N–H and O–H groups in total. The van der Waals surface area contributed by atoms with Crippen LogP contribution in [0.25, 0.3) is 5.69 Å². The Labute approximate surface area is 106 Å². The van der Waals surface area contributed by atoms with E-state index in [0.29, 0.717) is 6.54 Å². The molecule has 2 aromatic rings. The van der Waals surface area contributed by atoms with Crippen LogP contribution >= 0.6 is 0 Å². The first-order chi connectivity index (χ1) is 8.79. The van der Waals surface area contributed by atoms with E-state index in [4.69, 9.17) is 5.11 Å². The predicted octanol–water partition coefficient (Wildman–Crippen LogP) is 0.985. The van der Waals surface area contributed by atoms with Crippen molar-refractivity contribution in [3.8, 4) is 5.69 Å². The lowest BCUT2D eigenvalue weighted by Gasteiger charge is -2.07. The van der Waals surface area contributed by atoms with Gasteiger partial charge in [-0.05, 0) is 18.1 Å². The van der Waals surface area contributed by atoms with Gasteiger partial charge < -0.3 is 10.4 Å². The summed E-state index contributed by atoms with van der Waals surface area (Å²) in [5, 5.41) is 20.8. The Morgan fingerprint density at radius 1 is 1.33 bits per heavy atom. The van der Waals surface area contributed by atoms with Gasteiger partial charge in [0.1, 0.15) is 0 Å². The Kier molecular flexibility index (Phi) is 4.44. The Balaban J connectivity index is 1.91. The molecule has 5 nitrogen and oxygen atoms in total. The maximum Gasteiger partial charge on any atom is 0.0969 e. The van der Waals surface area contributed by atoms with Gasteiger partial charge in [0, 0.05) is 19.7 Å². The lowest BCUT2D eigenvalue weighted by Crippen LogP contribution is -2.23. The lowest BCUT2D eigenvalue weighted by atomic mass is 10.2. The Bertz CT molecular complexity index is 469. The largest absolute Gasteiger partial charge is 0.396 e. The van der Waals surface area contributed by atoms with Crippen molar-refractivity contribution in [1.29, 1.82) is 0 Å². The van der Waals surface area contributed by atoms with Gasteiger partial charge in [-0.15, -0.1) is 0 Å². The van der Waals surface area contributed by atoms with Crippen molar-refractivity contribution in [2.45, 2.75) is 13.5 Å². The molecule has 5 heteroatoms. The zero-order valence-electron chi connectivity index (χ0n) is 10.5. The van der Waals surface area contributed by atoms with Gasteiger partial charge in [-0.2, -0.15) is 15.0 Å². The van der Waals surface area contributed by atoms with Gasteiger partial charge in [-0.1, -0.05) is 25.1 Å². The third kappa shape index (κ3) is 3.38. The van der Waals surface area contributed by atoms with Crippen LogP contribution in [0.15, 0.2) is 36.5 Å². The van der Waals surface area contributed by atoms with Crippen LogP contribution in [0.5, 0.6) is 0 Å². The van der Waals surface area contributed by atoms with E-state index in [1.165, 1.54) is 0 Å². The van der Waals surface area contributed by atoms with Gasteiger partial charge in [-0.25, -0.2) is 0 Å². The van der Waals surface area contributed by atoms with Crippen molar-refractivity contribution in [3.05, 3.63) is 42.2 Å². The standard InChI is InChI=1S/C13H18N4O/c1-11(10-18)7-14-8-12-9-15-17(16-12)13-5-3-2-4-6-13/h2-6,9,11,14,18H,7-8,10H2,1H3. The summed E-state index contributed by atoms with van der Waals surface area (Å²) in [6.07, 6.45) is 1.75. The van der Waals surface area contributed by atoms with Crippen LogP contribution in [0.2, 0.25) is 0 Å². The summed E-state index contributed by atoms with van der Waals surface area (Å²) in [6.45, 7) is 3.63. The van der Waals surface area contributed by atoms with Gasteiger partial charge in [0.25, 0.3) is 0 Å². The van der Waals surface area contributed by atoms with Crippen molar-refractivity contribution in [1.82, 2.24) is 20.3 Å². The highest BCUT2D eigenvalue weighted by molar-refractivity contribution is 5.28. The van der Waals surface area contributed by atoms with Crippen LogP contribution in [0, 0.1) is 5.92 Å². The van der Waals surface area contributed by atoms with Gasteiger partial charge >= 0.3 is 0 Å². The van der Waals surface area contributed by atoms with Gasteiger partial charge in [0.15, 0.2) is 0 Å². The van der Waals surface area contributed by atoms with Crippen LogP contribution in [-0.4, -0.2) is 33.3 Å². The van der Waals surface area contributed by atoms with E-state index in [1.54, 1.807) is 11.0 Å². The van der Waals surface area contributed by atoms with Gasteiger partial charge in [0.05, 0.1) is 17.6 Å². The predicted molar refractivity (Wildman–Crippen MR) is 69.3 cm³/mol.